The van der Waals surface area contributed by atoms with Crippen molar-refractivity contribution in [2.45, 2.75) is 96.8 Å². The van der Waals surface area contributed by atoms with Crippen molar-refractivity contribution in [3.63, 3.8) is 0 Å². The molecule has 1 nitrogen and oxygen atoms in total. The summed E-state index contributed by atoms with van der Waals surface area (Å²) in [6, 6.07) is 2.21. The molecule has 0 saturated carbocycles. The summed E-state index contributed by atoms with van der Waals surface area (Å²) >= 11 is 0. The molecule has 0 fully saturated rings. The van der Waals surface area contributed by atoms with E-state index in [0.717, 1.165) is 12.8 Å². The zero-order valence-corrected chi connectivity index (χ0v) is 13.3. The molecular formula is C16H31FeN. The summed E-state index contributed by atoms with van der Waals surface area (Å²) in [6.07, 6.45) is 18.6. The number of hydrogen-bond donors (Lipinski definition) is 0. The van der Waals surface area contributed by atoms with Gasteiger partial charge in [-0.15, -0.1) is 0 Å². The topological polar surface area (TPSA) is 23.8 Å². The number of nitrogens with zero attached hydrogens (tertiary/aromatic N) is 1. The number of hydrogen-bond acceptors (Lipinski definition) is 1. The fourth-order valence-corrected chi connectivity index (χ4v) is 2.22. The van der Waals surface area contributed by atoms with Crippen LogP contribution in [0.25, 0.3) is 0 Å². The molecule has 0 bridgehead atoms. The van der Waals surface area contributed by atoms with Gasteiger partial charge in [0.2, 0.25) is 0 Å². The van der Waals surface area contributed by atoms with Gasteiger partial charge in [-0.3, -0.25) is 0 Å². The zero-order valence-electron chi connectivity index (χ0n) is 12.2. The van der Waals surface area contributed by atoms with Crippen molar-refractivity contribution in [3.8, 4) is 6.07 Å². The largest absolute Gasteiger partial charge is 0.198 e. The van der Waals surface area contributed by atoms with Crippen LogP contribution in [-0.4, -0.2) is 0 Å². The zero-order chi connectivity index (χ0) is 12.6. The Hall–Kier alpha value is 0.00948. The summed E-state index contributed by atoms with van der Waals surface area (Å²) < 4.78 is 0. The van der Waals surface area contributed by atoms with E-state index in [1.807, 2.05) is 0 Å². The fraction of sp³-hybridized carbons (Fsp3) is 0.938. The van der Waals surface area contributed by atoms with Gasteiger partial charge in [0.25, 0.3) is 0 Å². The molecular weight excluding hydrogens is 262 g/mol. The van der Waals surface area contributed by atoms with Crippen molar-refractivity contribution in [2.75, 3.05) is 0 Å². The third-order valence-corrected chi connectivity index (χ3v) is 3.39. The van der Waals surface area contributed by atoms with Gasteiger partial charge in [-0.1, -0.05) is 84.0 Å². The summed E-state index contributed by atoms with van der Waals surface area (Å²) in [5, 5.41) is 8.39. The Morgan fingerprint density at radius 1 is 0.611 bits per heavy atom. The molecule has 0 aliphatic heterocycles. The molecule has 0 aromatic heterocycles. The molecule has 0 atom stereocenters. The Bertz CT molecular complexity index is 174. The second kappa shape index (κ2) is 19.4. The van der Waals surface area contributed by atoms with E-state index in [0.29, 0.717) is 0 Å². The van der Waals surface area contributed by atoms with E-state index >= 15 is 0 Å². The van der Waals surface area contributed by atoms with Gasteiger partial charge in [0.15, 0.2) is 0 Å². The molecule has 2 heteroatoms. The molecule has 0 N–H and O–H groups in total. The van der Waals surface area contributed by atoms with Gasteiger partial charge in [0.1, 0.15) is 0 Å². The number of nitriles is 1. The molecule has 108 valence electrons. The third kappa shape index (κ3) is 18.4. The van der Waals surface area contributed by atoms with Gasteiger partial charge in [-0.2, -0.15) is 5.26 Å². The van der Waals surface area contributed by atoms with Gasteiger partial charge in [-0.05, 0) is 6.42 Å². The van der Waals surface area contributed by atoms with Crippen LogP contribution in [0.5, 0.6) is 0 Å². The average Bonchev–Trinajstić information content (AvgIpc) is 2.35. The van der Waals surface area contributed by atoms with E-state index in [4.69, 9.17) is 5.26 Å². The van der Waals surface area contributed by atoms with E-state index < -0.39 is 0 Å². The van der Waals surface area contributed by atoms with Crippen molar-refractivity contribution in [1.29, 1.82) is 5.26 Å². The molecule has 0 aliphatic carbocycles. The van der Waals surface area contributed by atoms with E-state index in [-0.39, 0.29) is 17.1 Å². The maximum atomic E-state index is 8.39. The second-order valence-electron chi connectivity index (χ2n) is 5.15. The predicted octanol–water partition coefficient (Wildman–Crippen LogP) is 5.99. The monoisotopic (exact) mass is 293 g/mol. The van der Waals surface area contributed by atoms with E-state index in [2.05, 4.69) is 13.0 Å². The smallest absolute Gasteiger partial charge is 0.0621 e. The average molecular weight is 293 g/mol. The molecule has 0 spiro atoms. The molecule has 0 amide bonds. The van der Waals surface area contributed by atoms with Crippen LogP contribution in [0.4, 0.5) is 0 Å². The molecule has 0 radical (unpaired) electrons. The van der Waals surface area contributed by atoms with Crippen LogP contribution in [0.2, 0.25) is 0 Å². The molecule has 0 aromatic rings. The van der Waals surface area contributed by atoms with Crippen LogP contribution in [0.15, 0.2) is 0 Å². The molecule has 0 rings (SSSR count). The normalized spacial score (nSPS) is 9.78. The van der Waals surface area contributed by atoms with Gasteiger partial charge < -0.3 is 0 Å². The summed E-state index contributed by atoms with van der Waals surface area (Å²) in [6.45, 7) is 2.27. The molecule has 0 saturated heterocycles. The SMILES string of the molecule is CCCCCCCCCCCCCCCC#N.[Fe]. The van der Waals surface area contributed by atoms with Crippen molar-refractivity contribution >= 4 is 0 Å². The van der Waals surface area contributed by atoms with Crippen molar-refractivity contribution in [3.05, 3.63) is 0 Å². The predicted molar refractivity (Wildman–Crippen MR) is 75.9 cm³/mol. The van der Waals surface area contributed by atoms with Gasteiger partial charge in [0, 0.05) is 23.5 Å². The van der Waals surface area contributed by atoms with Gasteiger partial charge in [0.05, 0.1) is 6.07 Å². The molecule has 18 heavy (non-hydrogen) atoms. The number of rotatable bonds is 13. The van der Waals surface area contributed by atoms with Crippen LogP contribution < -0.4 is 0 Å². The first kappa shape index (κ1) is 20.3. The molecule has 0 aromatic carbocycles. The quantitative estimate of drug-likeness (QED) is 0.302. The van der Waals surface area contributed by atoms with E-state index in [1.165, 1.54) is 77.0 Å². The Morgan fingerprint density at radius 2 is 0.944 bits per heavy atom. The first-order valence-corrected chi connectivity index (χ1v) is 7.78. The van der Waals surface area contributed by atoms with E-state index in [9.17, 15) is 0 Å². The molecule has 0 aliphatic rings. The minimum Gasteiger partial charge on any atom is -0.198 e. The summed E-state index contributed by atoms with van der Waals surface area (Å²) in [4.78, 5) is 0. The van der Waals surface area contributed by atoms with E-state index in [1.54, 1.807) is 0 Å². The van der Waals surface area contributed by atoms with Crippen molar-refractivity contribution in [2.24, 2.45) is 0 Å². The van der Waals surface area contributed by atoms with Crippen LogP contribution in [0.1, 0.15) is 96.8 Å². The standard InChI is InChI=1S/C16H31N.Fe/c1-2-3-4-5-6-7-8-9-10-11-12-13-14-15-16-17;/h2-15H2,1H3;. The van der Waals surface area contributed by atoms with Gasteiger partial charge in [-0.25, -0.2) is 0 Å². The van der Waals surface area contributed by atoms with Crippen LogP contribution in [0, 0.1) is 11.3 Å². The minimum absolute atomic E-state index is 0. The maximum absolute atomic E-state index is 8.39. The summed E-state index contributed by atoms with van der Waals surface area (Å²) in [7, 11) is 0. The Kier molecular flexibility index (Phi) is 21.9. The maximum Gasteiger partial charge on any atom is 0.0621 e. The molecule has 0 heterocycles. The minimum atomic E-state index is 0. The van der Waals surface area contributed by atoms with Crippen LogP contribution in [-0.2, 0) is 17.1 Å². The Balaban J connectivity index is 0. The van der Waals surface area contributed by atoms with Crippen LogP contribution >= 0.6 is 0 Å². The fourth-order valence-electron chi connectivity index (χ4n) is 2.22. The van der Waals surface area contributed by atoms with Gasteiger partial charge >= 0.3 is 0 Å². The van der Waals surface area contributed by atoms with Crippen LogP contribution in [0.3, 0.4) is 0 Å². The van der Waals surface area contributed by atoms with Crippen molar-refractivity contribution < 1.29 is 17.1 Å². The third-order valence-electron chi connectivity index (χ3n) is 3.39. The summed E-state index contributed by atoms with van der Waals surface area (Å²) in [5.74, 6) is 0. The first-order valence-electron chi connectivity index (χ1n) is 7.78. The van der Waals surface area contributed by atoms with Crippen molar-refractivity contribution in [1.82, 2.24) is 0 Å². The number of unbranched alkanes of at least 4 members (excludes halogenated alkanes) is 13. The first-order chi connectivity index (χ1) is 8.41. The summed E-state index contributed by atoms with van der Waals surface area (Å²) in [5.41, 5.74) is 0. The Labute approximate surface area is 125 Å². The molecule has 0 unspecified atom stereocenters. The Morgan fingerprint density at radius 3 is 1.28 bits per heavy atom. The second-order valence-corrected chi connectivity index (χ2v) is 5.15.